The lowest BCUT2D eigenvalue weighted by atomic mass is 10.0. The van der Waals surface area contributed by atoms with Crippen LogP contribution < -0.4 is 0 Å². The molecule has 0 amide bonds. The van der Waals surface area contributed by atoms with Crippen LogP contribution in [0.1, 0.15) is 19.9 Å². The van der Waals surface area contributed by atoms with Crippen molar-refractivity contribution in [2.75, 3.05) is 20.6 Å². The van der Waals surface area contributed by atoms with Crippen molar-refractivity contribution in [3.63, 3.8) is 0 Å². The number of aromatic amines is 1. The summed E-state index contributed by atoms with van der Waals surface area (Å²) in [4.78, 5) is 5.23. The molecule has 0 aliphatic carbocycles. The minimum Gasteiger partial charge on any atom is -0.337 e. The highest BCUT2D eigenvalue weighted by molar-refractivity contribution is 7.71. The second-order valence-electron chi connectivity index (χ2n) is 4.25. The lowest BCUT2D eigenvalue weighted by Gasteiger charge is -2.25. The highest BCUT2D eigenvalue weighted by Crippen LogP contribution is 2.18. The van der Waals surface area contributed by atoms with Gasteiger partial charge in [-0.1, -0.05) is 13.8 Å². The minimum atomic E-state index is 0.448. The lowest BCUT2D eigenvalue weighted by Crippen LogP contribution is -2.27. The van der Waals surface area contributed by atoms with Gasteiger partial charge in [0.15, 0.2) is 4.77 Å². The van der Waals surface area contributed by atoms with Gasteiger partial charge in [0.25, 0.3) is 0 Å². The third kappa shape index (κ3) is 2.69. The zero-order chi connectivity index (χ0) is 10.7. The Labute approximate surface area is 90.7 Å². The molecule has 0 aromatic carbocycles. The summed E-state index contributed by atoms with van der Waals surface area (Å²) in [6.45, 7) is 5.47. The molecule has 1 heterocycles. The Kier molecular flexibility index (Phi) is 3.89. The van der Waals surface area contributed by atoms with Gasteiger partial charge >= 0.3 is 0 Å². The standard InChI is InChI=1S/C10H19N3S/c1-8(2)9(7-12(3)4)13-6-5-11-10(13)14/h5-6,8-9H,7H2,1-4H3,(H,11,14). The van der Waals surface area contributed by atoms with Crippen LogP contribution in [0.3, 0.4) is 0 Å². The average molecular weight is 213 g/mol. The van der Waals surface area contributed by atoms with E-state index in [1.807, 2.05) is 12.4 Å². The van der Waals surface area contributed by atoms with Crippen molar-refractivity contribution in [3.05, 3.63) is 17.2 Å². The summed E-state index contributed by atoms with van der Waals surface area (Å²) in [5.74, 6) is 0.583. The van der Waals surface area contributed by atoms with Crippen molar-refractivity contribution in [2.45, 2.75) is 19.9 Å². The van der Waals surface area contributed by atoms with Crippen molar-refractivity contribution < 1.29 is 0 Å². The fourth-order valence-corrected chi connectivity index (χ4v) is 1.85. The molecule has 1 rings (SSSR count). The van der Waals surface area contributed by atoms with E-state index in [0.717, 1.165) is 11.3 Å². The largest absolute Gasteiger partial charge is 0.337 e. The van der Waals surface area contributed by atoms with E-state index in [1.54, 1.807) is 0 Å². The fourth-order valence-electron chi connectivity index (χ4n) is 1.59. The zero-order valence-electron chi connectivity index (χ0n) is 9.32. The first-order valence-corrected chi connectivity index (χ1v) is 5.33. The summed E-state index contributed by atoms with van der Waals surface area (Å²) in [5, 5.41) is 0. The van der Waals surface area contributed by atoms with E-state index in [4.69, 9.17) is 12.2 Å². The van der Waals surface area contributed by atoms with Crippen molar-refractivity contribution >= 4 is 12.2 Å². The summed E-state index contributed by atoms with van der Waals surface area (Å²) in [7, 11) is 4.18. The van der Waals surface area contributed by atoms with Crippen molar-refractivity contribution in [2.24, 2.45) is 5.92 Å². The monoisotopic (exact) mass is 213 g/mol. The molecule has 0 fully saturated rings. The van der Waals surface area contributed by atoms with Crippen LogP contribution in [0.4, 0.5) is 0 Å². The molecule has 3 nitrogen and oxygen atoms in total. The molecule has 80 valence electrons. The molecular weight excluding hydrogens is 194 g/mol. The van der Waals surface area contributed by atoms with E-state index >= 15 is 0 Å². The van der Waals surface area contributed by atoms with Crippen molar-refractivity contribution in [1.29, 1.82) is 0 Å². The Morgan fingerprint density at radius 3 is 2.50 bits per heavy atom. The van der Waals surface area contributed by atoms with E-state index < -0.39 is 0 Å². The summed E-state index contributed by atoms with van der Waals surface area (Å²) < 4.78 is 2.95. The maximum absolute atomic E-state index is 5.22. The number of imidazole rings is 1. The first-order valence-electron chi connectivity index (χ1n) is 4.92. The first kappa shape index (κ1) is 11.5. The van der Waals surface area contributed by atoms with E-state index in [2.05, 4.69) is 42.4 Å². The van der Waals surface area contributed by atoms with E-state index in [-0.39, 0.29) is 0 Å². The molecule has 0 aliphatic heterocycles. The molecule has 1 N–H and O–H groups in total. The third-order valence-electron chi connectivity index (χ3n) is 2.36. The van der Waals surface area contributed by atoms with E-state index in [1.165, 1.54) is 0 Å². The molecule has 0 radical (unpaired) electrons. The van der Waals surface area contributed by atoms with Gasteiger partial charge in [-0.3, -0.25) is 0 Å². The average Bonchev–Trinajstić information content (AvgIpc) is 2.46. The molecule has 4 heteroatoms. The number of hydrogen-bond donors (Lipinski definition) is 1. The Morgan fingerprint density at radius 1 is 1.50 bits per heavy atom. The maximum Gasteiger partial charge on any atom is 0.177 e. The molecule has 1 aromatic heterocycles. The second kappa shape index (κ2) is 4.75. The molecule has 0 bridgehead atoms. The Morgan fingerprint density at radius 2 is 2.14 bits per heavy atom. The Bertz CT molecular complexity index is 324. The van der Waals surface area contributed by atoms with Crippen LogP contribution >= 0.6 is 12.2 Å². The molecule has 1 unspecified atom stereocenters. The highest BCUT2D eigenvalue weighted by atomic mass is 32.1. The van der Waals surface area contributed by atoms with Gasteiger partial charge in [-0.2, -0.15) is 0 Å². The maximum atomic E-state index is 5.22. The molecule has 0 saturated carbocycles. The fraction of sp³-hybridized carbons (Fsp3) is 0.700. The van der Waals surface area contributed by atoms with Gasteiger partial charge in [0.05, 0.1) is 6.04 Å². The molecule has 0 aliphatic rings. The summed E-state index contributed by atoms with van der Waals surface area (Å²) in [6.07, 6.45) is 3.92. The van der Waals surface area contributed by atoms with Gasteiger partial charge in [-0.05, 0) is 32.2 Å². The summed E-state index contributed by atoms with van der Waals surface area (Å²) in [5.41, 5.74) is 0. The van der Waals surface area contributed by atoms with Crippen molar-refractivity contribution in [1.82, 2.24) is 14.5 Å². The van der Waals surface area contributed by atoms with Gasteiger partial charge in [0.2, 0.25) is 0 Å². The number of aromatic nitrogens is 2. The van der Waals surface area contributed by atoms with Crippen LogP contribution in [0, 0.1) is 10.7 Å². The SMILES string of the molecule is CC(C)C(CN(C)C)n1cc[nH]c1=S. The molecular formula is C10H19N3S. The number of hydrogen-bond acceptors (Lipinski definition) is 2. The van der Waals surface area contributed by atoms with Crippen LogP contribution in [0.5, 0.6) is 0 Å². The van der Waals surface area contributed by atoms with Gasteiger partial charge in [0, 0.05) is 18.9 Å². The summed E-state index contributed by atoms with van der Waals surface area (Å²) >= 11 is 5.22. The molecule has 1 aromatic rings. The molecule has 0 spiro atoms. The molecule has 0 saturated heterocycles. The predicted molar refractivity (Wildman–Crippen MR) is 62.0 cm³/mol. The second-order valence-corrected chi connectivity index (χ2v) is 4.63. The predicted octanol–water partition coefficient (Wildman–Crippen LogP) is 2.30. The highest BCUT2D eigenvalue weighted by Gasteiger charge is 2.16. The van der Waals surface area contributed by atoms with Crippen LogP contribution in [0.15, 0.2) is 12.4 Å². The quantitative estimate of drug-likeness (QED) is 0.776. The molecule has 1 atom stereocenters. The van der Waals surface area contributed by atoms with E-state index in [9.17, 15) is 0 Å². The molecule has 14 heavy (non-hydrogen) atoms. The number of rotatable bonds is 4. The van der Waals surface area contributed by atoms with Crippen LogP contribution in [-0.4, -0.2) is 35.1 Å². The number of likely N-dealkylation sites (N-methyl/N-ethyl adjacent to an activating group) is 1. The summed E-state index contributed by atoms with van der Waals surface area (Å²) in [6, 6.07) is 0.448. The van der Waals surface area contributed by atoms with Gasteiger partial charge in [0.1, 0.15) is 0 Å². The van der Waals surface area contributed by atoms with E-state index in [0.29, 0.717) is 12.0 Å². The van der Waals surface area contributed by atoms with Gasteiger partial charge in [-0.15, -0.1) is 0 Å². The third-order valence-corrected chi connectivity index (χ3v) is 2.68. The van der Waals surface area contributed by atoms with Crippen molar-refractivity contribution in [3.8, 4) is 0 Å². The Balaban J connectivity index is 2.89. The smallest absolute Gasteiger partial charge is 0.177 e. The topological polar surface area (TPSA) is 24.0 Å². The zero-order valence-corrected chi connectivity index (χ0v) is 10.1. The van der Waals surface area contributed by atoms with Crippen LogP contribution in [0.25, 0.3) is 0 Å². The van der Waals surface area contributed by atoms with Gasteiger partial charge in [-0.25, -0.2) is 0 Å². The van der Waals surface area contributed by atoms with Gasteiger partial charge < -0.3 is 14.5 Å². The van der Waals surface area contributed by atoms with Crippen LogP contribution in [-0.2, 0) is 0 Å². The lowest BCUT2D eigenvalue weighted by molar-refractivity contribution is 0.267. The number of nitrogens with one attached hydrogen (secondary N) is 1. The number of H-pyrrole nitrogens is 1. The van der Waals surface area contributed by atoms with Crippen LogP contribution in [0.2, 0.25) is 0 Å². The number of nitrogens with zero attached hydrogens (tertiary/aromatic N) is 2. The Hall–Kier alpha value is -0.610. The first-order chi connectivity index (χ1) is 6.52. The normalized spacial score (nSPS) is 13.9. The minimum absolute atomic E-state index is 0.448.